The maximum absolute atomic E-state index is 5.85. The van der Waals surface area contributed by atoms with Crippen molar-refractivity contribution in [2.75, 3.05) is 0 Å². The van der Waals surface area contributed by atoms with Crippen molar-refractivity contribution >= 4 is 56.4 Å². The van der Waals surface area contributed by atoms with Gasteiger partial charge >= 0.3 is 0 Å². The van der Waals surface area contributed by atoms with E-state index in [1.54, 1.807) is 0 Å². The van der Waals surface area contributed by atoms with E-state index in [1.165, 1.54) is 0 Å². The molecule has 3 aromatic carbocycles. The summed E-state index contributed by atoms with van der Waals surface area (Å²) >= 11 is 11.4. The standard InChI is InChI=1S/C20H15Br2NOS/c21-16-8-7-15(18(22)11-16)13-24-17-9-5-14(6-10-17)12-23-19-3-1-2-4-20(19)25/h1-12,25H,13H2. The molecule has 0 aliphatic rings. The maximum atomic E-state index is 5.85. The zero-order valence-electron chi connectivity index (χ0n) is 13.2. The molecule has 0 saturated carbocycles. The van der Waals surface area contributed by atoms with Crippen molar-refractivity contribution in [2.24, 2.45) is 4.99 Å². The molecule has 2 nitrogen and oxygen atoms in total. The molecule has 3 rings (SSSR count). The summed E-state index contributed by atoms with van der Waals surface area (Å²) in [5.74, 6) is 0.821. The number of benzene rings is 3. The Kier molecular flexibility index (Phi) is 6.34. The molecule has 5 heteroatoms. The van der Waals surface area contributed by atoms with E-state index in [0.29, 0.717) is 6.61 Å². The molecule has 3 aromatic rings. The lowest BCUT2D eigenvalue weighted by atomic mass is 10.2. The summed E-state index contributed by atoms with van der Waals surface area (Å²) in [6.07, 6.45) is 1.82. The van der Waals surface area contributed by atoms with Crippen molar-refractivity contribution < 1.29 is 4.74 Å². The number of aliphatic imine (C=N–C) groups is 1. The van der Waals surface area contributed by atoms with Crippen molar-refractivity contribution in [3.63, 3.8) is 0 Å². The molecule has 0 bridgehead atoms. The van der Waals surface area contributed by atoms with Gasteiger partial charge in [0.2, 0.25) is 0 Å². The molecule has 126 valence electrons. The number of rotatable bonds is 5. The van der Waals surface area contributed by atoms with Gasteiger partial charge in [-0.3, -0.25) is 4.99 Å². The lowest BCUT2D eigenvalue weighted by molar-refractivity contribution is 0.305. The van der Waals surface area contributed by atoms with E-state index in [9.17, 15) is 0 Å². The highest BCUT2D eigenvalue weighted by atomic mass is 79.9. The summed E-state index contributed by atoms with van der Waals surface area (Å²) in [7, 11) is 0. The Balaban J connectivity index is 1.63. The average molecular weight is 477 g/mol. The van der Waals surface area contributed by atoms with E-state index in [2.05, 4.69) is 49.5 Å². The van der Waals surface area contributed by atoms with Crippen LogP contribution < -0.4 is 4.74 Å². The first kappa shape index (κ1) is 18.2. The Morgan fingerprint density at radius 1 is 0.960 bits per heavy atom. The molecule has 0 aliphatic heterocycles. The number of nitrogens with zero attached hydrogens (tertiary/aromatic N) is 1. The van der Waals surface area contributed by atoms with Gasteiger partial charge in [-0.05, 0) is 54.1 Å². The number of thiol groups is 1. The van der Waals surface area contributed by atoms with Gasteiger partial charge in [0.15, 0.2) is 0 Å². The van der Waals surface area contributed by atoms with E-state index < -0.39 is 0 Å². The Hall–Kier alpha value is -1.56. The van der Waals surface area contributed by atoms with Gasteiger partial charge in [0.05, 0.1) is 5.69 Å². The molecule has 0 aromatic heterocycles. The third kappa shape index (κ3) is 5.21. The van der Waals surface area contributed by atoms with Crippen LogP contribution in [-0.4, -0.2) is 6.21 Å². The summed E-state index contributed by atoms with van der Waals surface area (Å²) in [6.45, 7) is 0.508. The van der Waals surface area contributed by atoms with Gasteiger partial charge in [-0.25, -0.2) is 0 Å². The van der Waals surface area contributed by atoms with Crippen molar-refractivity contribution in [3.05, 3.63) is 86.8 Å². The molecule has 0 spiro atoms. The van der Waals surface area contributed by atoms with Crippen molar-refractivity contribution in [1.29, 1.82) is 0 Å². The predicted octanol–water partition coefficient (Wildman–Crippen LogP) is 6.83. The van der Waals surface area contributed by atoms with Crippen molar-refractivity contribution in [1.82, 2.24) is 0 Å². The monoisotopic (exact) mass is 475 g/mol. The molecule has 0 N–H and O–H groups in total. The Bertz CT molecular complexity index is 894. The highest BCUT2D eigenvalue weighted by Gasteiger charge is 2.02. The summed E-state index contributed by atoms with van der Waals surface area (Å²) < 4.78 is 7.91. The summed E-state index contributed by atoms with van der Waals surface area (Å²) in [5, 5.41) is 0. The van der Waals surface area contributed by atoms with Crippen LogP contribution in [0.25, 0.3) is 0 Å². The quantitative estimate of drug-likeness (QED) is 0.316. The number of halogens is 2. The minimum atomic E-state index is 0.508. The van der Waals surface area contributed by atoms with E-state index in [0.717, 1.165) is 36.4 Å². The molecule has 0 radical (unpaired) electrons. The molecule has 0 aliphatic carbocycles. The van der Waals surface area contributed by atoms with Gasteiger partial charge < -0.3 is 4.74 Å². The summed E-state index contributed by atoms with van der Waals surface area (Å²) in [4.78, 5) is 5.33. The SMILES string of the molecule is Sc1ccccc1N=Cc1ccc(OCc2ccc(Br)cc2Br)cc1. The van der Waals surface area contributed by atoms with E-state index in [-0.39, 0.29) is 0 Å². The summed E-state index contributed by atoms with van der Waals surface area (Å²) in [6, 6.07) is 21.7. The lowest BCUT2D eigenvalue weighted by Gasteiger charge is -2.08. The van der Waals surface area contributed by atoms with Crippen LogP contribution in [0.4, 0.5) is 5.69 Å². The van der Waals surface area contributed by atoms with Crippen LogP contribution in [0.2, 0.25) is 0 Å². The van der Waals surface area contributed by atoms with Gasteiger partial charge in [-0.1, -0.05) is 50.1 Å². The zero-order chi connectivity index (χ0) is 17.6. The van der Waals surface area contributed by atoms with Crippen molar-refractivity contribution in [3.8, 4) is 5.75 Å². The molecule has 0 amide bonds. The smallest absolute Gasteiger partial charge is 0.119 e. The van der Waals surface area contributed by atoms with E-state index in [4.69, 9.17) is 4.74 Å². The lowest BCUT2D eigenvalue weighted by Crippen LogP contribution is -1.96. The van der Waals surface area contributed by atoms with E-state index >= 15 is 0 Å². The van der Waals surface area contributed by atoms with Crippen molar-refractivity contribution in [2.45, 2.75) is 11.5 Å². The Morgan fingerprint density at radius 2 is 1.72 bits per heavy atom. The fourth-order valence-electron chi connectivity index (χ4n) is 2.17. The maximum Gasteiger partial charge on any atom is 0.119 e. The topological polar surface area (TPSA) is 21.6 Å². The Morgan fingerprint density at radius 3 is 2.44 bits per heavy atom. The summed E-state index contributed by atoms with van der Waals surface area (Å²) in [5.41, 5.74) is 2.96. The predicted molar refractivity (Wildman–Crippen MR) is 114 cm³/mol. The second-order valence-electron chi connectivity index (χ2n) is 5.34. The van der Waals surface area contributed by atoms with Crippen LogP contribution in [0.5, 0.6) is 5.75 Å². The van der Waals surface area contributed by atoms with Crippen LogP contribution in [0.15, 0.2) is 85.6 Å². The largest absolute Gasteiger partial charge is 0.489 e. The van der Waals surface area contributed by atoms with Crippen LogP contribution in [-0.2, 0) is 6.61 Å². The number of para-hydroxylation sites is 1. The number of ether oxygens (including phenoxy) is 1. The first-order valence-electron chi connectivity index (χ1n) is 7.61. The van der Waals surface area contributed by atoms with Crippen LogP contribution in [0.3, 0.4) is 0 Å². The first-order chi connectivity index (χ1) is 12.1. The third-order valence-corrected chi connectivity index (χ3v) is 5.13. The Labute approximate surface area is 169 Å². The molecular weight excluding hydrogens is 462 g/mol. The number of hydrogen-bond acceptors (Lipinski definition) is 3. The molecule has 25 heavy (non-hydrogen) atoms. The minimum absolute atomic E-state index is 0.508. The van der Waals surface area contributed by atoms with Gasteiger partial charge in [0.25, 0.3) is 0 Å². The van der Waals surface area contributed by atoms with Gasteiger partial charge in [0.1, 0.15) is 12.4 Å². The second-order valence-corrected chi connectivity index (χ2v) is 7.59. The normalized spacial score (nSPS) is 11.0. The first-order valence-corrected chi connectivity index (χ1v) is 9.64. The van der Waals surface area contributed by atoms with Crippen LogP contribution >= 0.6 is 44.5 Å². The van der Waals surface area contributed by atoms with Crippen LogP contribution in [0.1, 0.15) is 11.1 Å². The molecule has 0 unspecified atom stereocenters. The zero-order valence-corrected chi connectivity index (χ0v) is 17.3. The van der Waals surface area contributed by atoms with Gasteiger partial charge in [-0.2, -0.15) is 0 Å². The van der Waals surface area contributed by atoms with E-state index in [1.807, 2.05) is 72.9 Å². The van der Waals surface area contributed by atoms with Gasteiger partial charge in [0, 0.05) is 25.6 Å². The molecule has 0 heterocycles. The fourth-order valence-corrected chi connectivity index (χ4v) is 3.55. The molecule has 0 saturated heterocycles. The molecule has 0 fully saturated rings. The van der Waals surface area contributed by atoms with Crippen LogP contribution in [0, 0.1) is 0 Å². The second kappa shape index (κ2) is 8.70. The fraction of sp³-hybridized carbons (Fsp3) is 0.0500. The molecule has 0 atom stereocenters. The molecular formula is C20H15Br2NOS. The highest BCUT2D eigenvalue weighted by molar-refractivity contribution is 9.11. The third-order valence-electron chi connectivity index (χ3n) is 3.52. The average Bonchev–Trinajstić information content (AvgIpc) is 2.61. The minimum Gasteiger partial charge on any atom is -0.489 e. The van der Waals surface area contributed by atoms with Gasteiger partial charge in [-0.15, -0.1) is 12.6 Å². The number of hydrogen-bond donors (Lipinski definition) is 1. The highest BCUT2D eigenvalue weighted by Crippen LogP contribution is 2.24.